The molecule has 2 unspecified atom stereocenters. The molecule has 4 aromatic rings. The molecule has 1 fully saturated rings. The molecule has 0 spiro atoms. The van der Waals surface area contributed by atoms with Gasteiger partial charge in [-0.25, -0.2) is 19.9 Å². The minimum absolute atomic E-state index is 0.0157. The Morgan fingerprint density at radius 3 is 2.54 bits per heavy atom. The normalized spacial score (nSPS) is 18.5. The number of aromatic nitrogens is 6. The van der Waals surface area contributed by atoms with E-state index >= 15 is 0 Å². The summed E-state index contributed by atoms with van der Waals surface area (Å²) < 4.78 is 88.1. The van der Waals surface area contributed by atoms with Gasteiger partial charge in [-0.2, -0.15) is 26.3 Å². The third kappa shape index (κ3) is 6.25. The quantitative estimate of drug-likeness (QED) is 0.191. The zero-order chi connectivity index (χ0) is 29.5. The second-order valence-electron chi connectivity index (χ2n) is 10.5. The molecule has 9 nitrogen and oxygen atoms in total. The van der Waals surface area contributed by atoms with E-state index in [0.29, 0.717) is 55.4 Å². The fourth-order valence-electron chi connectivity index (χ4n) is 5.20. The van der Waals surface area contributed by atoms with Crippen LogP contribution in [-0.4, -0.2) is 59.6 Å². The molecule has 0 amide bonds. The highest BCUT2D eigenvalue weighted by atomic mass is 19.4. The first kappa shape index (κ1) is 29.0. The Morgan fingerprint density at radius 1 is 1.05 bits per heavy atom. The molecule has 1 aromatic carbocycles. The van der Waals surface area contributed by atoms with Crippen molar-refractivity contribution in [1.82, 2.24) is 34.4 Å². The lowest BCUT2D eigenvalue weighted by molar-refractivity contribution is -0.142. The summed E-state index contributed by atoms with van der Waals surface area (Å²) in [5.41, 5.74) is 3.49. The Labute approximate surface area is 231 Å². The van der Waals surface area contributed by atoms with Crippen LogP contribution >= 0.6 is 0 Å². The highest BCUT2D eigenvalue weighted by Gasteiger charge is 2.39. The summed E-state index contributed by atoms with van der Waals surface area (Å²) >= 11 is 0. The number of hydrogen-bond donors (Lipinski definition) is 2. The number of nitrogens with two attached hydrogens (primary N) is 1. The monoisotopic (exact) mass is 584 g/mol. The van der Waals surface area contributed by atoms with Crippen molar-refractivity contribution in [2.75, 3.05) is 18.8 Å². The van der Waals surface area contributed by atoms with Crippen LogP contribution in [0.5, 0.6) is 0 Å². The second-order valence-corrected chi connectivity index (χ2v) is 10.5. The summed E-state index contributed by atoms with van der Waals surface area (Å²) in [7, 11) is 0. The van der Waals surface area contributed by atoms with Crippen molar-refractivity contribution >= 4 is 28.0 Å². The molecule has 1 aliphatic heterocycles. The SMILES string of the molecule is CC(C)N(CCCCc1nc2c(C(F)(F)F)cc(C(F)(F)F)cc2[nH]1)CC1CCC(n2cnc3c(N)ncnc32)O1. The van der Waals surface area contributed by atoms with Crippen LogP contribution in [-0.2, 0) is 23.5 Å². The fourth-order valence-corrected chi connectivity index (χ4v) is 5.20. The number of benzene rings is 1. The number of unbranched alkanes of at least 4 members (excludes halogenated alkanes) is 1. The van der Waals surface area contributed by atoms with E-state index in [0.717, 1.165) is 12.8 Å². The van der Waals surface area contributed by atoms with Crippen LogP contribution in [0.3, 0.4) is 0 Å². The number of nitrogens with zero attached hydrogens (tertiary/aromatic N) is 6. The van der Waals surface area contributed by atoms with Crippen LogP contribution in [0.2, 0.25) is 0 Å². The van der Waals surface area contributed by atoms with Crippen molar-refractivity contribution in [1.29, 1.82) is 0 Å². The smallest absolute Gasteiger partial charge is 0.382 e. The van der Waals surface area contributed by atoms with Gasteiger partial charge < -0.3 is 15.5 Å². The Bertz CT molecular complexity index is 1510. The summed E-state index contributed by atoms with van der Waals surface area (Å²) in [5, 5.41) is 0. The molecule has 0 bridgehead atoms. The van der Waals surface area contributed by atoms with Crippen molar-refractivity contribution < 1.29 is 31.1 Å². The minimum Gasteiger partial charge on any atom is -0.382 e. The number of ether oxygens (including phenoxy) is 1. The van der Waals surface area contributed by atoms with Gasteiger partial charge in [0.2, 0.25) is 0 Å². The number of anilines is 1. The molecule has 4 heterocycles. The molecule has 0 aliphatic carbocycles. The maximum Gasteiger partial charge on any atom is 0.418 e. The maximum atomic E-state index is 13.5. The lowest BCUT2D eigenvalue weighted by atomic mass is 10.1. The average molecular weight is 585 g/mol. The van der Waals surface area contributed by atoms with Crippen LogP contribution in [0.25, 0.3) is 22.2 Å². The largest absolute Gasteiger partial charge is 0.418 e. The van der Waals surface area contributed by atoms with Crippen LogP contribution in [0, 0.1) is 0 Å². The van der Waals surface area contributed by atoms with Gasteiger partial charge in [0.1, 0.15) is 29.4 Å². The van der Waals surface area contributed by atoms with Gasteiger partial charge in [-0.3, -0.25) is 9.47 Å². The Kier molecular flexibility index (Phi) is 7.85. The molecule has 41 heavy (non-hydrogen) atoms. The van der Waals surface area contributed by atoms with E-state index in [2.05, 4.69) is 43.7 Å². The number of alkyl halides is 6. The standard InChI is InChI=1S/C26H30F6N8O/c1-14(2)39(11-16-6-7-20(41-16)40-13-36-22-23(33)34-12-35-24(22)40)8-4-3-5-19-37-18-10-15(25(27,28)29)9-17(21(18)38-19)26(30,31)32/h9-10,12-14,16,20H,3-8,11H2,1-2H3,(H,37,38)(H2,33,34,35). The second kappa shape index (κ2) is 11.1. The number of hydrogen-bond acceptors (Lipinski definition) is 7. The van der Waals surface area contributed by atoms with E-state index in [1.807, 2.05) is 4.57 Å². The lowest BCUT2D eigenvalue weighted by Crippen LogP contribution is -2.38. The van der Waals surface area contributed by atoms with Crippen LogP contribution in [0.15, 0.2) is 24.8 Å². The molecule has 3 aromatic heterocycles. The summed E-state index contributed by atoms with van der Waals surface area (Å²) in [5.74, 6) is 0.531. The predicted octanol–water partition coefficient (Wildman–Crippen LogP) is 5.73. The topological polar surface area (TPSA) is 111 Å². The number of halogens is 6. The number of nitrogen functional groups attached to an aromatic ring is 1. The first-order valence-corrected chi connectivity index (χ1v) is 13.3. The van der Waals surface area contributed by atoms with Gasteiger partial charge in [-0.05, 0) is 58.2 Å². The van der Waals surface area contributed by atoms with E-state index in [1.165, 1.54) is 6.33 Å². The number of rotatable bonds is 9. The van der Waals surface area contributed by atoms with Crippen LogP contribution in [0.4, 0.5) is 32.2 Å². The van der Waals surface area contributed by atoms with E-state index in [-0.39, 0.29) is 35.8 Å². The Hall–Kier alpha value is -3.46. The van der Waals surface area contributed by atoms with Crippen LogP contribution < -0.4 is 5.73 Å². The first-order valence-electron chi connectivity index (χ1n) is 13.3. The molecule has 1 aliphatic rings. The third-order valence-electron chi connectivity index (χ3n) is 7.33. The number of imidazole rings is 2. The Balaban J connectivity index is 1.18. The minimum atomic E-state index is -4.96. The summed E-state index contributed by atoms with van der Waals surface area (Å²) in [6.45, 7) is 5.56. The van der Waals surface area contributed by atoms with Gasteiger partial charge in [0.15, 0.2) is 11.5 Å². The third-order valence-corrected chi connectivity index (χ3v) is 7.33. The molecule has 222 valence electrons. The van der Waals surface area contributed by atoms with Crippen molar-refractivity contribution in [3.05, 3.63) is 41.7 Å². The van der Waals surface area contributed by atoms with Crippen LogP contribution in [0.1, 0.15) is 62.7 Å². The maximum absolute atomic E-state index is 13.5. The summed E-state index contributed by atoms with van der Waals surface area (Å²) in [6.07, 6.45) is -3.82. The van der Waals surface area contributed by atoms with Gasteiger partial charge in [0, 0.05) is 19.0 Å². The fraction of sp³-hybridized carbons (Fsp3) is 0.538. The van der Waals surface area contributed by atoms with Gasteiger partial charge in [-0.1, -0.05) is 0 Å². The highest BCUT2D eigenvalue weighted by molar-refractivity contribution is 5.81. The molecule has 0 saturated carbocycles. The molecule has 1 saturated heterocycles. The van der Waals surface area contributed by atoms with E-state index < -0.39 is 29.0 Å². The molecule has 2 atom stereocenters. The lowest BCUT2D eigenvalue weighted by Gasteiger charge is -2.29. The van der Waals surface area contributed by atoms with E-state index in [9.17, 15) is 26.3 Å². The predicted molar refractivity (Wildman–Crippen MR) is 139 cm³/mol. The van der Waals surface area contributed by atoms with E-state index in [1.54, 1.807) is 6.33 Å². The highest BCUT2D eigenvalue weighted by Crippen LogP contribution is 2.39. The number of H-pyrrole nitrogens is 1. The molecule has 15 heteroatoms. The van der Waals surface area contributed by atoms with Crippen molar-refractivity contribution in [2.24, 2.45) is 0 Å². The van der Waals surface area contributed by atoms with Crippen molar-refractivity contribution in [3.8, 4) is 0 Å². The number of nitrogens with one attached hydrogen (secondary N) is 1. The summed E-state index contributed by atoms with van der Waals surface area (Å²) in [4.78, 5) is 21.5. The zero-order valence-corrected chi connectivity index (χ0v) is 22.4. The molecule has 5 rings (SSSR count). The van der Waals surface area contributed by atoms with Gasteiger partial charge in [0.05, 0.1) is 29.1 Å². The number of aryl methyl sites for hydroxylation is 1. The molecule has 3 N–H and O–H groups in total. The van der Waals surface area contributed by atoms with Gasteiger partial charge in [-0.15, -0.1) is 0 Å². The van der Waals surface area contributed by atoms with Crippen molar-refractivity contribution in [3.63, 3.8) is 0 Å². The van der Waals surface area contributed by atoms with Gasteiger partial charge >= 0.3 is 12.4 Å². The van der Waals surface area contributed by atoms with Crippen molar-refractivity contribution in [2.45, 2.75) is 76.7 Å². The van der Waals surface area contributed by atoms with E-state index in [4.69, 9.17) is 10.5 Å². The Morgan fingerprint density at radius 2 is 1.83 bits per heavy atom. The molecule has 0 radical (unpaired) electrons. The molecular weight excluding hydrogens is 554 g/mol. The average Bonchev–Trinajstić information content (AvgIpc) is 3.62. The zero-order valence-electron chi connectivity index (χ0n) is 22.4. The first-order chi connectivity index (χ1) is 19.3. The number of aromatic amines is 1. The van der Waals surface area contributed by atoms with Gasteiger partial charge in [0.25, 0.3) is 0 Å². The summed E-state index contributed by atoms with van der Waals surface area (Å²) in [6, 6.07) is 1.01. The molecular formula is C26H30F6N8O. The number of fused-ring (bicyclic) bond motifs is 2.